The second-order valence-corrected chi connectivity index (χ2v) is 5.63. The van der Waals surface area contributed by atoms with Crippen LogP contribution in [-0.2, 0) is 0 Å². The summed E-state index contributed by atoms with van der Waals surface area (Å²) in [6, 6.07) is 5.30. The van der Waals surface area contributed by atoms with Gasteiger partial charge in [-0.05, 0) is 18.2 Å². The lowest BCUT2D eigenvalue weighted by molar-refractivity contribution is 0.102. The number of halogens is 2. The Balaban J connectivity index is 1.78. The smallest absolute Gasteiger partial charge is 0.272 e. The van der Waals surface area contributed by atoms with Crippen LogP contribution < -0.4 is 10.6 Å². The number of ketones is 1. The predicted octanol–water partition coefficient (Wildman–Crippen LogP) is 3.12. The van der Waals surface area contributed by atoms with Crippen molar-refractivity contribution in [3.05, 3.63) is 70.5 Å². The van der Waals surface area contributed by atoms with E-state index in [1.165, 1.54) is 36.8 Å². The minimum Gasteiger partial charge on any atom is -0.357 e. The van der Waals surface area contributed by atoms with Crippen molar-refractivity contribution in [2.24, 2.45) is 0 Å². The third-order valence-corrected chi connectivity index (χ3v) is 3.83. The molecule has 0 aliphatic heterocycles. The molecule has 0 aliphatic rings. The molecule has 2 aromatic heterocycles. The van der Waals surface area contributed by atoms with E-state index in [0.29, 0.717) is 11.6 Å². The fourth-order valence-electron chi connectivity index (χ4n) is 2.24. The van der Waals surface area contributed by atoms with E-state index < -0.39 is 17.5 Å². The quantitative estimate of drug-likeness (QED) is 0.597. The van der Waals surface area contributed by atoms with Crippen LogP contribution in [0.15, 0.2) is 42.9 Å². The third kappa shape index (κ3) is 3.55. The van der Waals surface area contributed by atoms with Crippen LogP contribution in [0.1, 0.15) is 26.4 Å². The van der Waals surface area contributed by atoms with E-state index in [4.69, 9.17) is 11.6 Å². The number of carbonyl (C=O) groups is 2. The van der Waals surface area contributed by atoms with E-state index in [9.17, 15) is 14.0 Å². The molecule has 0 atom stereocenters. The van der Waals surface area contributed by atoms with Crippen LogP contribution in [0.4, 0.5) is 16.0 Å². The summed E-state index contributed by atoms with van der Waals surface area (Å²) >= 11 is 5.91. The predicted molar refractivity (Wildman–Crippen MR) is 95.2 cm³/mol. The van der Waals surface area contributed by atoms with Crippen molar-refractivity contribution in [3.63, 3.8) is 0 Å². The van der Waals surface area contributed by atoms with Crippen molar-refractivity contribution < 1.29 is 14.0 Å². The van der Waals surface area contributed by atoms with Crippen LogP contribution in [0.25, 0.3) is 0 Å². The number of aromatic nitrogens is 3. The number of anilines is 2. The minimum atomic E-state index is -0.725. The molecular formula is C17H13ClFN5O2. The standard InChI is InChI=1S/C17H13ClFN5O2/c1-20-17-22-7-10(8-23-17)24-16(26)13-5-9(6-21-13)15(25)14-11(18)3-2-4-12(14)19/h2-8,21H,1H3,(H,24,26)(H,20,22,23). The Morgan fingerprint density at radius 2 is 1.96 bits per heavy atom. The second kappa shape index (κ2) is 7.32. The number of hydrogen-bond acceptors (Lipinski definition) is 5. The monoisotopic (exact) mass is 373 g/mol. The van der Waals surface area contributed by atoms with Gasteiger partial charge in [0.1, 0.15) is 11.5 Å². The molecule has 0 fully saturated rings. The average molecular weight is 374 g/mol. The molecule has 26 heavy (non-hydrogen) atoms. The fraction of sp³-hybridized carbons (Fsp3) is 0.0588. The number of rotatable bonds is 5. The Labute approximate surface area is 152 Å². The highest BCUT2D eigenvalue weighted by molar-refractivity contribution is 6.35. The molecule has 3 rings (SSSR count). The van der Waals surface area contributed by atoms with E-state index in [0.717, 1.165) is 6.07 Å². The Hall–Kier alpha value is -3.26. The normalized spacial score (nSPS) is 10.4. The summed E-state index contributed by atoms with van der Waals surface area (Å²) in [4.78, 5) is 35.3. The van der Waals surface area contributed by atoms with Crippen molar-refractivity contribution in [3.8, 4) is 0 Å². The number of amides is 1. The fourth-order valence-corrected chi connectivity index (χ4v) is 2.48. The lowest BCUT2D eigenvalue weighted by Gasteiger charge is -2.04. The first kappa shape index (κ1) is 17.6. The van der Waals surface area contributed by atoms with E-state index in [2.05, 4.69) is 25.6 Å². The first-order valence-corrected chi connectivity index (χ1v) is 7.85. The molecule has 0 radical (unpaired) electrons. The van der Waals surface area contributed by atoms with Gasteiger partial charge in [0.15, 0.2) is 5.78 Å². The lowest BCUT2D eigenvalue weighted by atomic mass is 10.1. The highest BCUT2D eigenvalue weighted by Gasteiger charge is 2.20. The molecule has 0 bridgehead atoms. The topological polar surface area (TPSA) is 99.8 Å². The molecule has 132 valence electrons. The number of carbonyl (C=O) groups excluding carboxylic acids is 2. The molecule has 0 saturated carbocycles. The highest BCUT2D eigenvalue weighted by atomic mass is 35.5. The number of aromatic amines is 1. The Morgan fingerprint density at radius 3 is 2.62 bits per heavy atom. The Morgan fingerprint density at radius 1 is 1.23 bits per heavy atom. The summed E-state index contributed by atoms with van der Waals surface area (Å²) in [7, 11) is 1.67. The maximum atomic E-state index is 13.9. The van der Waals surface area contributed by atoms with Gasteiger partial charge in [-0.3, -0.25) is 9.59 Å². The van der Waals surface area contributed by atoms with Crippen LogP contribution >= 0.6 is 11.6 Å². The number of H-pyrrole nitrogens is 1. The molecule has 0 unspecified atom stereocenters. The molecule has 2 heterocycles. The SMILES string of the molecule is CNc1ncc(NC(=O)c2cc(C(=O)c3c(F)cccc3Cl)c[nH]2)cn1. The molecular weight excluding hydrogens is 361 g/mol. The van der Waals surface area contributed by atoms with Crippen molar-refractivity contribution in [1.82, 2.24) is 15.0 Å². The first-order valence-electron chi connectivity index (χ1n) is 7.48. The zero-order valence-corrected chi connectivity index (χ0v) is 14.3. The second-order valence-electron chi connectivity index (χ2n) is 5.23. The summed E-state index contributed by atoms with van der Waals surface area (Å²) in [5.41, 5.74) is 0.382. The molecule has 3 N–H and O–H groups in total. The Bertz CT molecular complexity index is 951. The lowest BCUT2D eigenvalue weighted by Crippen LogP contribution is -2.13. The van der Waals surface area contributed by atoms with E-state index in [-0.39, 0.29) is 21.8 Å². The largest absolute Gasteiger partial charge is 0.357 e. The summed E-state index contributed by atoms with van der Waals surface area (Å²) in [5.74, 6) is -1.43. The van der Waals surface area contributed by atoms with Gasteiger partial charge in [0, 0.05) is 18.8 Å². The maximum absolute atomic E-state index is 13.9. The third-order valence-electron chi connectivity index (χ3n) is 3.51. The zero-order valence-electron chi connectivity index (χ0n) is 13.5. The number of nitrogens with one attached hydrogen (secondary N) is 3. The Kier molecular flexibility index (Phi) is 4.94. The number of nitrogens with zero attached hydrogens (tertiary/aromatic N) is 2. The van der Waals surface area contributed by atoms with Crippen LogP contribution in [0.5, 0.6) is 0 Å². The van der Waals surface area contributed by atoms with E-state index >= 15 is 0 Å². The molecule has 0 spiro atoms. The van der Waals surface area contributed by atoms with Crippen LogP contribution in [0.2, 0.25) is 5.02 Å². The summed E-state index contributed by atoms with van der Waals surface area (Å²) in [6.07, 6.45) is 4.19. The van der Waals surface area contributed by atoms with Gasteiger partial charge >= 0.3 is 0 Å². The van der Waals surface area contributed by atoms with Crippen LogP contribution in [0.3, 0.4) is 0 Å². The zero-order chi connectivity index (χ0) is 18.7. The molecule has 3 aromatic rings. The van der Waals surface area contributed by atoms with Crippen molar-refractivity contribution in [2.75, 3.05) is 17.7 Å². The molecule has 0 saturated heterocycles. The summed E-state index contributed by atoms with van der Waals surface area (Å²) in [6.45, 7) is 0. The van der Waals surface area contributed by atoms with Gasteiger partial charge in [-0.2, -0.15) is 0 Å². The van der Waals surface area contributed by atoms with Crippen LogP contribution in [-0.4, -0.2) is 33.7 Å². The van der Waals surface area contributed by atoms with Crippen LogP contribution in [0, 0.1) is 5.82 Å². The van der Waals surface area contributed by atoms with Gasteiger partial charge in [-0.25, -0.2) is 14.4 Å². The van der Waals surface area contributed by atoms with Crippen molar-refractivity contribution in [2.45, 2.75) is 0 Å². The van der Waals surface area contributed by atoms with Gasteiger partial charge in [0.05, 0.1) is 28.7 Å². The van der Waals surface area contributed by atoms with E-state index in [1.54, 1.807) is 7.05 Å². The number of benzene rings is 1. The molecule has 0 aliphatic carbocycles. The summed E-state index contributed by atoms with van der Waals surface area (Å²) < 4.78 is 13.9. The number of hydrogen-bond donors (Lipinski definition) is 3. The van der Waals surface area contributed by atoms with Crippen molar-refractivity contribution >= 4 is 34.9 Å². The first-order chi connectivity index (χ1) is 12.5. The van der Waals surface area contributed by atoms with E-state index in [1.807, 2.05) is 0 Å². The van der Waals surface area contributed by atoms with Gasteiger partial charge in [0.2, 0.25) is 5.95 Å². The van der Waals surface area contributed by atoms with Gasteiger partial charge in [-0.1, -0.05) is 17.7 Å². The van der Waals surface area contributed by atoms with Gasteiger partial charge < -0.3 is 15.6 Å². The summed E-state index contributed by atoms with van der Waals surface area (Å²) in [5, 5.41) is 5.35. The highest BCUT2D eigenvalue weighted by Crippen LogP contribution is 2.23. The minimum absolute atomic E-state index is 0.00368. The van der Waals surface area contributed by atoms with Crippen molar-refractivity contribution in [1.29, 1.82) is 0 Å². The molecule has 9 heteroatoms. The van der Waals surface area contributed by atoms with Gasteiger partial charge in [-0.15, -0.1) is 0 Å². The molecule has 7 nitrogen and oxygen atoms in total. The average Bonchev–Trinajstić information content (AvgIpc) is 3.12. The van der Waals surface area contributed by atoms with Gasteiger partial charge in [0.25, 0.3) is 5.91 Å². The maximum Gasteiger partial charge on any atom is 0.272 e. The molecule has 1 aromatic carbocycles. The molecule has 1 amide bonds.